The Morgan fingerprint density at radius 1 is 0.723 bits per heavy atom. The van der Waals surface area contributed by atoms with Crippen LogP contribution in [0.1, 0.15) is 57.1 Å². The number of alkyl halides is 2. The molecule has 2 amide bonds. The molecule has 5 aromatic heterocycles. The van der Waals surface area contributed by atoms with Crippen LogP contribution in [0.5, 0.6) is 17.2 Å². The zero-order valence-electron chi connectivity index (χ0n) is 53.8. The van der Waals surface area contributed by atoms with Crippen LogP contribution < -0.4 is 35.1 Å². The molecule has 10 aromatic rings. The maximum Gasteiger partial charge on any atom is 0.586 e. The predicted molar refractivity (Wildman–Crippen MR) is 363 cm³/mol. The molecule has 0 bridgehead atoms. The first-order chi connectivity index (χ1) is 49.3. The van der Waals surface area contributed by atoms with Gasteiger partial charge in [-0.25, -0.2) is 53.0 Å². The quantitative estimate of drug-likeness (QED) is 0.0133. The van der Waals surface area contributed by atoms with Crippen LogP contribution in [0.25, 0.3) is 44.8 Å². The monoisotopic (exact) mass is 1420 g/mol. The van der Waals surface area contributed by atoms with Crippen LogP contribution in [0.2, 0.25) is 0 Å². The number of carbonyl (C=O) groups excluding carboxylic acids is 4. The van der Waals surface area contributed by atoms with Crippen molar-refractivity contribution < 1.29 is 75.7 Å². The van der Waals surface area contributed by atoms with E-state index in [0.717, 1.165) is 28.2 Å². The number of aliphatic hydroxyl groups excluding tert-OH is 2. The van der Waals surface area contributed by atoms with Crippen LogP contribution in [0.4, 0.5) is 26.1 Å². The summed E-state index contributed by atoms with van der Waals surface area (Å²) in [6, 6.07) is 34.4. The van der Waals surface area contributed by atoms with Gasteiger partial charge in [-0.05, 0) is 82.4 Å². The minimum atomic E-state index is -2.53. The molecule has 0 saturated carbocycles. The summed E-state index contributed by atoms with van der Waals surface area (Å²) in [6.45, 7) is 0.194. The molecular weight excluding hydrogens is 1350 g/mol. The summed E-state index contributed by atoms with van der Waals surface area (Å²) in [4.78, 5) is 79.5. The number of rotatable bonds is 28. The third-order valence-corrected chi connectivity index (χ3v) is 19.1. The fourth-order valence-corrected chi connectivity index (χ4v) is 13.9. The van der Waals surface area contributed by atoms with E-state index in [-0.39, 0.29) is 74.4 Å². The molecule has 5 N–H and O–H groups in total. The fraction of sp³-hybridized carbons (Fsp3) is 0.294. The van der Waals surface area contributed by atoms with E-state index in [1.165, 1.54) is 53.7 Å². The van der Waals surface area contributed by atoms with Crippen molar-refractivity contribution in [1.29, 1.82) is 0 Å². The first-order valence-corrected chi connectivity index (χ1v) is 34.7. The van der Waals surface area contributed by atoms with Gasteiger partial charge in [0.1, 0.15) is 54.5 Å². The topological polar surface area (TPSA) is 348 Å². The van der Waals surface area contributed by atoms with Crippen molar-refractivity contribution in [3.8, 4) is 39.8 Å². The summed E-state index contributed by atoms with van der Waals surface area (Å²) in [5.74, 6) is 0.345. The van der Waals surface area contributed by atoms with Gasteiger partial charge < -0.3 is 59.5 Å². The highest BCUT2D eigenvalue weighted by molar-refractivity contribution is 8.49. The molecule has 8 heterocycles. The van der Waals surface area contributed by atoms with E-state index >= 15 is 4.39 Å². The van der Waals surface area contributed by atoms with E-state index in [9.17, 15) is 38.3 Å². The SMILES string of the molecule is COC(=O)c1ccc(OCC(=O)NCCC(=O)N2Cc3ccccc3-c3c(nnn3CCOc3ccc(C(=O)Oc4ccc(CS[P+](=O)O[C@H]5[C@@H](F)[C@H](n6cnc7c(NC/C=C/CNc8ncnc9c8ncn9[C@@H]8O[C@H](CO)C[C@H]8F)ncnc76)O[C@@H]5CO)cc4)cc3)-c3ccccc32)cc1. The Morgan fingerprint density at radius 2 is 1.36 bits per heavy atom. The van der Waals surface area contributed by atoms with E-state index in [1.54, 1.807) is 70.2 Å². The first kappa shape index (κ1) is 68.8. The van der Waals surface area contributed by atoms with E-state index in [4.69, 9.17) is 32.9 Å². The normalized spacial score (nSPS) is 18.7. The van der Waals surface area contributed by atoms with E-state index in [2.05, 4.69) is 56.2 Å². The summed E-state index contributed by atoms with van der Waals surface area (Å²) >= 11 is 0.918. The molecule has 520 valence electrons. The Kier molecular flexibility index (Phi) is 21.5. The second kappa shape index (κ2) is 31.6. The maximum absolute atomic E-state index is 16.4. The molecule has 5 aromatic carbocycles. The molecule has 33 heteroatoms. The Bertz CT molecular complexity index is 4670. The van der Waals surface area contributed by atoms with Gasteiger partial charge in [0.05, 0.1) is 80.4 Å². The molecular formula is C68H65F2N15O14PS+. The highest BCUT2D eigenvalue weighted by Gasteiger charge is 2.52. The Balaban J connectivity index is 0.551. The number of nitrogens with one attached hydrogen (secondary N) is 3. The molecule has 3 aliphatic rings. The highest BCUT2D eigenvalue weighted by atomic mass is 32.7. The molecule has 8 atom stereocenters. The number of methoxy groups -OCH3 is 1. The van der Waals surface area contributed by atoms with Gasteiger partial charge in [0, 0.05) is 43.6 Å². The summed E-state index contributed by atoms with van der Waals surface area (Å²) in [5, 5.41) is 38.0. The van der Waals surface area contributed by atoms with Gasteiger partial charge in [0.15, 0.2) is 76.7 Å². The Labute approximate surface area is 578 Å². The van der Waals surface area contributed by atoms with E-state index in [0.29, 0.717) is 87.5 Å². The molecule has 29 nitrogen and oxygen atoms in total. The average Bonchev–Trinajstić information content (AvgIpc) is 1.72. The molecule has 2 saturated heterocycles. The van der Waals surface area contributed by atoms with Gasteiger partial charge in [-0.3, -0.25) is 18.7 Å². The van der Waals surface area contributed by atoms with Crippen LogP contribution in [0, 0.1) is 0 Å². The molecule has 0 radical (unpaired) electrons. The second-order valence-corrected chi connectivity index (χ2v) is 26.0. The maximum atomic E-state index is 16.4. The minimum absolute atomic E-state index is 0.00156. The van der Waals surface area contributed by atoms with Crippen LogP contribution in [-0.4, -0.2) is 172 Å². The zero-order chi connectivity index (χ0) is 69.9. The van der Waals surface area contributed by atoms with Crippen LogP contribution in [-0.2, 0) is 51.7 Å². The lowest BCUT2D eigenvalue weighted by Gasteiger charge is -2.28. The second-order valence-electron chi connectivity index (χ2n) is 23.1. The highest BCUT2D eigenvalue weighted by Crippen LogP contribution is 2.48. The Hall–Kier alpha value is -10.7. The molecule has 0 spiro atoms. The van der Waals surface area contributed by atoms with Crippen molar-refractivity contribution in [2.75, 3.05) is 68.7 Å². The number of carbonyl (C=O) groups is 4. The molecule has 3 aliphatic heterocycles. The number of aliphatic hydroxyl groups is 2. The number of hydrogen-bond acceptors (Lipinski definition) is 25. The number of nitrogens with zero attached hydrogens (tertiary/aromatic N) is 12. The number of para-hydroxylation sites is 1. The number of anilines is 3. The van der Waals surface area contributed by atoms with Gasteiger partial charge in [0.2, 0.25) is 5.91 Å². The van der Waals surface area contributed by atoms with Gasteiger partial charge in [-0.15, -0.1) is 9.62 Å². The molecule has 0 aliphatic carbocycles. The zero-order valence-corrected chi connectivity index (χ0v) is 55.5. The molecule has 1 unspecified atom stereocenters. The van der Waals surface area contributed by atoms with Crippen LogP contribution >= 0.6 is 18.6 Å². The van der Waals surface area contributed by atoms with E-state index in [1.807, 2.05) is 60.7 Å². The summed E-state index contributed by atoms with van der Waals surface area (Å²) < 4.78 is 88.4. The van der Waals surface area contributed by atoms with Crippen molar-refractivity contribution in [2.45, 2.75) is 74.8 Å². The largest absolute Gasteiger partial charge is 0.586 e. The number of aromatic nitrogens is 11. The van der Waals surface area contributed by atoms with E-state index < -0.39 is 74.8 Å². The lowest BCUT2D eigenvalue weighted by atomic mass is 9.95. The molecule has 13 rings (SSSR count). The van der Waals surface area contributed by atoms with Crippen molar-refractivity contribution >= 4 is 82.0 Å². The number of imidazole rings is 2. The number of fused-ring (bicyclic) bond motifs is 7. The summed E-state index contributed by atoms with van der Waals surface area (Å²) in [6.07, 6.45) is 0.404. The average molecular weight is 1420 g/mol. The van der Waals surface area contributed by atoms with Crippen LogP contribution in [0.15, 0.2) is 159 Å². The summed E-state index contributed by atoms with van der Waals surface area (Å²) in [5.41, 5.74) is 6.97. The lowest BCUT2D eigenvalue weighted by molar-refractivity contribution is -0.123. The van der Waals surface area contributed by atoms with Crippen molar-refractivity contribution in [3.63, 3.8) is 0 Å². The predicted octanol–water partition coefficient (Wildman–Crippen LogP) is 8.31. The first-order valence-electron chi connectivity index (χ1n) is 31.9. The molecule has 2 fully saturated rings. The van der Waals surface area contributed by atoms with Crippen molar-refractivity contribution in [1.82, 2.24) is 59.3 Å². The van der Waals surface area contributed by atoms with Gasteiger partial charge in [0.25, 0.3) is 5.91 Å². The number of ether oxygens (including phenoxy) is 6. The number of amides is 2. The van der Waals surface area contributed by atoms with Gasteiger partial charge in [-0.1, -0.05) is 72.0 Å². The number of hydrogen-bond donors (Lipinski definition) is 5. The Morgan fingerprint density at radius 3 is 2.02 bits per heavy atom. The lowest BCUT2D eigenvalue weighted by Crippen LogP contribution is -2.36. The number of esters is 2. The number of halogens is 2. The minimum Gasteiger partial charge on any atom is -0.492 e. The molecule has 101 heavy (non-hydrogen) atoms. The third-order valence-electron chi connectivity index (χ3n) is 16.7. The third kappa shape index (κ3) is 15.5. The standard InChI is InChI=1S/C68H64F2N15O14PS/c1-93-67(90)41-14-22-45(23-15-41)95-34-53(88)71-27-24-54(89)82-31-43-8-2-3-9-48(43)59-56(49-10-4-5-11-51(49)82)80-81-85(59)28-29-94-44-20-16-42(17-21-44)68(91)97-46-18-12-40(13-19-46)35-101-100(92)99-60-52(33-87)98-66(55(60)70)84-39-79-58-62(75-37-77-64(58)84)73-26-7-6-25-72-61-57-63(76-36-74-61)83(38-78-57)65-50(69)30-47(32-86)96-65/h2-23,36-39,47,50,52,55,60,65-66,86-87H,24-35H2,1H3,(H2-,71,72,73,74,75,76,77,88)/p+1/b7-6+/t47-,50+,52+,55+,60+,65+,66+/m0/s1. The van der Waals surface area contributed by atoms with Crippen molar-refractivity contribution in [2.24, 2.45) is 0 Å². The fourth-order valence-electron chi connectivity index (χ4n) is 11.7. The smallest absolute Gasteiger partial charge is 0.492 e. The van der Waals surface area contributed by atoms with Crippen LogP contribution in [0.3, 0.4) is 0 Å². The number of benzene rings is 5. The van der Waals surface area contributed by atoms with Gasteiger partial charge in [-0.2, -0.15) is 0 Å². The van der Waals surface area contributed by atoms with Crippen molar-refractivity contribution in [3.05, 3.63) is 181 Å². The summed E-state index contributed by atoms with van der Waals surface area (Å²) in [7, 11) is -1.24. The van der Waals surface area contributed by atoms with Gasteiger partial charge >= 0.3 is 19.2 Å².